The van der Waals surface area contributed by atoms with Crippen molar-refractivity contribution < 1.29 is 13.2 Å². The lowest BCUT2D eigenvalue weighted by Crippen LogP contribution is -2.30. The van der Waals surface area contributed by atoms with Gasteiger partial charge in [0.05, 0.1) is 15.0 Å². The zero-order valence-corrected chi connectivity index (χ0v) is 18.5. The first-order chi connectivity index (χ1) is 13.7. The number of carbonyl (C=O) groups is 1. The highest BCUT2D eigenvalue weighted by molar-refractivity contribution is 8.00. The molecule has 29 heavy (non-hydrogen) atoms. The maximum absolute atomic E-state index is 12.5. The highest BCUT2D eigenvalue weighted by atomic mass is 32.2. The number of thioether (sulfide) groups is 1. The fourth-order valence-electron chi connectivity index (χ4n) is 2.37. The molecule has 0 unspecified atom stereocenters. The van der Waals surface area contributed by atoms with Gasteiger partial charge >= 0.3 is 0 Å². The van der Waals surface area contributed by atoms with Gasteiger partial charge in [0.1, 0.15) is 0 Å². The van der Waals surface area contributed by atoms with Crippen LogP contribution in [0.15, 0.2) is 51.8 Å². The van der Waals surface area contributed by atoms with Crippen LogP contribution in [0.2, 0.25) is 0 Å². The minimum atomic E-state index is -3.56. The molecule has 0 radical (unpaired) electrons. The fraction of sp³-hybridized carbons (Fsp3) is 0.278. The number of carbonyl (C=O) groups excluding carboxylic acids is 1. The lowest BCUT2D eigenvalue weighted by molar-refractivity contribution is -0.115. The number of thiophene rings is 1. The molecule has 0 aliphatic carbocycles. The SMILES string of the molecule is CC(C)NS(=O)(=O)c1ccc(NC(=O)[C@H](C)Sc2n[nH]c(-c3cccs3)n2)cc1. The fourth-order valence-corrected chi connectivity index (χ4v) is 5.01. The van der Waals surface area contributed by atoms with Crippen molar-refractivity contribution in [2.24, 2.45) is 0 Å². The molecule has 0 fully saturated rings. The van der Waals surface area contributed by atoms with Crippen LogP contribution in [0.3, 0.4) is 0 Å². The molecule has 154 valence electrons. The number of amides is 1. The highest BCUT2D eigenvalue weighted by Crippen LogP contribution is 2.26. The third-order valence-corrected chi connectivity index (χ3v) is 7.21. The molecular formula is C18H21N5O3S3. The van der Waals surface area contributed by atoms with Crippen molar-refractivity contribution in [3.63, 3.8) is 0 Å². The van der Waals surface area contributed by atoms with E-state index < -0.39 is 15.3 Å². The van der Waals surface area contributed by atoms with E-state index in [1.54, 1.807) is 44.2 Å². The van der Waals surface area contributed by atoms with Crippen LogP contribution in [0, 0.1) is 0 Å². The summed E-state index contributed by atoms with van der Waals surface area (Å²) in [5, 5.41) is 11.8. The number of aromatic nitrogens is 3. The van der Waals surface area contributed by atoms with E-state index in [9.17, 15) is 13.2 Å². The molecule has 3 aromatic rings. The van der Waals surface area contributed by atoms with Gasteiger partial charge in [-0.1, -0.05) is 17.8 Å². The predicted octanol–water partition coefficient (Wildman–Crippen LogP) is 3.34. The van der Waals surface area contributed by atoms with Crippen molar-refractivity contribution in [3.8, 4) is 10.7 Å². The number of aromatic amines is 1. The molecule has 0 saturated carbocycles. The standard InChI is InChI=1S/C18H21N5O3S3/c1-11(2)23-29(25,26)14-8-6-13(7-9-14)19-17(24)12(3)28-18-20-16(21-22-18)15-5-4-10-27-15/h4-12,23H,1-3H3,(H,19,24)(H,20,21,22)/t12-/m0/s1. The second-order valence-corrected chi connectivity index (χ2v) is 10.5. The molecule has 1 aromatic carbocycles. The Hall–Kier alpha value is -2.21. The van der Waals surface area contributed by atoms with Crippen LogP contribution >= 0.6 is 23.1 Å². The topological polar surface area (TPSA) is 117 Å². The molecule has 8 nitrogen and oxygen atoms in total. The largest absolute Gasteiger partial charge is 0.325 e. The van der Waals surface area contributed by atoms with Crippen LogP contribution in [-0.4, -0.2) is 40.8 Å². The Kier molecular flexibility index (Phi) is 6.73. The predicted molar refractivity (Wildman–Crippen MR) is 116 cm³/mol. The normalized spacial score (nSPS) is 12.8. The second kappa shape index (κ2) is 9.08. The average Bonchev–Trinajstić information content (AvgIpc) is 3.32. The van der Waals surface area contributed by atoms with Crippen LogP contribution in [0.25, 0.3) is 10.7 Å². The number of hydrogen-bond acceptors (Lipinski definition) is 7. The number of benzene rings is 1. The number of nitrogens with one attached hydrogen (secondary N) is 3. The third-order valence-electron chi connectivity index (χ3n) is 3.69. The van der Waals surface area contributed by atoms with Crippen LogP contribution in [-0.2, 0) is 14.8 Å². The molecule has 3 N–H and O–H groups in total. The molecule has 1 atom stereocenters. The first-order valence-electron chi connectivity index (χ1n) is 8.81. The van der Waals surface area contributed by atoms with Crippen molar-refractivity contribution in [2.75, 3.05) is 5.32 Å². The molecule has 2 aromatic heterocycles. The molecule has 0 saturated heterocycles. The zero-order chi connectivity index (χ0) is 21.0. The van der Waals surface area contributed by atoms with E-state index in [-0.39, 0.29) is 16.8 Å². The summed E-state index contributed by atoms with van der Waals surface area (Å²) >= 11 is 2.79. The first-order valence-corrected chi connectivity index (χ1v) is 12.0. The van der Waals surface area contributed by atoms with Gasteiger partial charge < -0.3 is 5.32 Å². The maximum Gasteiger partial charge on any atom is 0.240 e. The minimum Gasteiger partial charge on any atom is -0.325 e. The Bertz CT molecular complexity index is 1060. The Labute approximate surface area is 177 Å². The Balaban J connectivity index is 1.60. The molecule has 11 heteroatoms. The zero-order valence-electron chi connectivity index (χ0n) is 16.0. The van der Waals surface area contributed by atoms with E-state index in [1.165, 1.54) is 23.9 Å². The van der Waals surface area contributed by atoms with Crippen molar-refractivity contribution in [1.82, 2.24) is 19.9 Å². The smallest absolute Gasteiger partial charge is 0.240 e. The van der Waals surface area contributed by atoms with E-state index in [0.29, 0.717) is 16.7 Å². The van der Waals surface area contributed by atoms with Gasteiger partial charge in [-0.3, -0.25) is 9.89 Å². The molecule has 0 aliphatic heterocycles. The number of sulfonamides is 1. The summed E-state index contributed by atoms with van der Waals surface area (Å²) in [4.78, 5) is 18.0. The van der Waals surface area contributed by atoms with Crippen molar-refractivity contribution in [1.29, 1.82) is 0 Å². The molecule has 0 aliphatic rings. The van der Waals surface area contributed by atoms with Crippen LogP contribution < -0.4 is 10.0 Å². The van der Waals surface area contributed by atoms with E-state index in [4.69, 9.17) is 0 Å². The minimum absolute atomic E-state index is 0.147. The van der Waals surface area contributed by atoms with Crippen LogP contribution in [0.1, 0.15) is 20.8 Å². The van der Waals surface area contributed by atoms with E-state index in [2.05, 4.69) is 25.2 Å². The van der Waals surface area contributed by atoms with Crippen LogP contribution in [0.4, 0.5) is 5.69 Å². The monoisotopic (exact) mass is 451 g/mol. The number of hydrogen-bond donors (Lipinski definition) is 3. The summed E-state index contributed by atoms with van der Waals surface area (Å²) in [6.45, 7) is 5.26. The Morgan fingerprint density at radius 1 is 1.17 bits per heavy atom. The van der Waals surface area contributed by atoms with Crippen LogP contribution in [0.5, 0.6) is 0 Å². The lowest BCUT2D eigenvalue weighted by atomic mass is 10.3. The number of nitrogens with zero attached hydrogens (tertiary/aromatic N) is 2. The van der Waals surface area contributed by atoms with E-state index in [0.717, 1.165) is 4.88 Å². The second-order valence-electron chi connectivity index (χ2n) is 6.49. The maximum atomic E-state index is 12.5. The van der Waals surface area contributed by atoms with E-state index in [1.807, 2.05) is 17.5 Å². The summed E-state index contributed by atoms with van der Waals surface area (Å²) in [6, 6.07) is 9.71. The van der Waals surface area contributed by atoms with Gasteiger partial charge in [-0.2, -0.15) is 0 Å². The van der Waals surface area contributed by atoms with Gasteiger partial charge in [-0.25, -0.2) is 18.1 Å². The lowest BCUT2D eigenvalue weighted by Gasteiger charge is -2.12. The third kappa shape index (κ3) is 5.66. The highest BCUT2D eigenvalue weighted by Gasteiger charge is 2.19. The molecular weight excluding hydrogens is 430 g/mol. The molecule has 1 amide bonds. The Morgan fingerprint density at radius 2 is 1.90 bits per heavy atom. The van der Waals surface area contributed by atoms with Gasteiger partial charge in [0.25, 0.3) is 0 Å². The van der Waals surface area contributed by atoms with Gasteiger partial charge in [0.15, 0.2) is 5.82 Å². The van der Waals surface area contributed by atoms with Crippen molar-refractivity contribution in [3.05, 3.63) is 41.8 Å². The molecule has 2 heterocycles. The number of rotatable bonds is 8. The van der Waals surface area contributed by atoms with E-state index >= 15 is 0 Å². The summed E-state index contributed by atoms with van der Waals surface area (Å²) in [5.74, 6) is 0.440. The van der Waals surface area contributed by atoms with Gasteiger partial charge in [-0.05, 0) is 56.5 Å². The number of anilines is 1. The average molecular weight is 452 g/mol. The van der Waals surface area contributed by atoms with Gasteiger partial charge in [0, 0.05) is 11.7 Å². The van der Waals surface area contributed by atoms with Crippen molar-refractivity contribution >= 4 is 44.7 Å². The Morgan fingerprint density at radius 3 is 2.52 bits per heavy atom. The first kappa shape index (κ1) is 21.5. The molecule has 0 bridgehead atoms. The quantitative estimate of drug-likeness (QED) is 0.452. The summed E-state index contributed by atoms with van der Waals surface area (Å²) in [6.07, 6.45) is 0. The summed E-state index contributed by atoms with van der Waals surface area (Å²) in [5.41, 5.74) is 0.514. The van der Waals surface area contributed by atoms with Gasteiger partial charge in [-0.15, -0.1) is 16.4 Å². The molecule has 3 rings (SSSR count). The van der Waals surface area contributed by atoms with Gasteiger partial charge in [0.2, 0.25) is 21.1 Å². The van der Waals surface area contributed by atoms with Crippen molar-refractivity contribution in [2.45, 2.75) is 42.1 Å². The number of H-pyrrole nitrogens is 1. The summed E-state index contributed by atoms with van der Waals surface area (Å²) in [7, 11) is -3.56. The molecule has 0 spiro atoms. The summed E-state index contributed by atoms with van der Waals surface area (Å²) < 4.78 is 26.8.